The van der Waals surface area contributed by atoms with E-state index in [2.05, 4.69) is 5.16 Å². The summed E-state index contributed by atoms with van der Waals surface area (Å²) in [5.41, 5.74) is 6.57. The van der Waals surface area contributed by atoms with Gasteiger partial charge in [0.05, 0.1) is 0 Å². The lowest BCUT2D eigenvalue weighted by atomic mass is 10.1. The summed E-state index contributed by atoms with van der Waals surface area (Å²) in [4.78, 5) is 14.0. The molecule has 3 N–H and O–H groups in total. The second kappa shape index (κ2) is 7.04. The molecule has 0 aromatic heterocycles. The van der Waals surface area contributed by atoms with Crippen LogP contribution in [-0.4, -0.2) is 46.9 Å². The molecule has 1 atom stereocenters. The summed E-state index contributed by atoms with van der Waals surface area (Å²) >= 11 is 1.70. The van der Waals surface area contributed by atoms with Gasteiger partial charge in [0, 0.05) is 30.0 Å². The van der Waals surface area contributed by atoms with Crippen LogP contribution < -0.4 is 5.73 Å². The second-order valence-corrected chi connectivity index (χ2v) is 5.20. The zero-order valence-corrected chi connectivity index (χ0v) is 12.1. The van der Waals surface area contributed by atoms with Crippen LogP contribution in [0.5, 0.6) is 0 Å². The van der Waals surface area contributed by atoms with Crippen molar-refractivity contribution in [2.24, 2.45) is 10.9 Å². The van der Waals surface area contributed by atoms with Gasteiger partial charge in [-0.2, -0.15) is 11.8 Å². The monoisotopic (exact) mass is 281 g/mol. The first-order valence-electron chi connectivity index (χ1n) is 5.85. The van der Waals surface area contributed by atoms with Crippen molar-refractivity contribution in [3.63, 3.8) is 0 Å². The van der Waals surface area contributed by atoms with Gasteiger partial charge < -0.3 is 15.8 Å². The fourth-order valence-electron chi connectivity index (χ4n) is 1.63. The smallest absolute Gasteiger partial charge is 0.253 e. The van der Waals surface area contributed by atoms with Gasteiger partial charge in [-0.1, -0.05) is 17.3 Å². The van der Waals surface area contributed by atoms with Crippen LogP contribution in [0, 0.1) is 0 Å². The first-order chi connectivity index (χ1) is 9.01. The predicted molar refractivity (Wildman–Crippen MR) is 78.9 cm³/mol. The third kappa shape index (κ3) is 3.89. The highest BCUT2D eigenvalue weighted by Gasteiger charge is 2.17. The molecule has 6 heteroatoms. The molecule has 0 spiro atoms. The van der Waals surface area contributed by atoms with Crippen LogP contribution in [0.25, 0.3) is 0 Å². The Hall–Kier alpha value is -1.69. The van der Waals surface area contributed by atoms with Crippen LogP contribution >= 0.6 is 11.8 Å². The SMILES string of the molecule is CSCC(C)N(C)C(=O)c1cccc(/C(N)=N/O)c1. The molecule has 19 heavy (non-hydrogen) atoms. The summed E-state index contributed by atoms with van der Waals surface area (Å²) in [7, 11) is 1.78. The van der Waals surface area contributed by atoms with E-state index in [1.165, 1.54) is 0 Å². The summed E-state index contributed by atoms with van der Waals surface area (Å²) in [5, 5.41) is 11.6. The zero-order valence-electron chi connectivity index (χ0n) is 11.3. The first-order valence-corrected chi connectivity index (χ1v) is 7.24. The number of amides is 1. The molecule has 0 saturated heterocycles. The number of hydrogen-bond acceptors (Lipinski definition) is 4. The molecule has 0 aliphatic carbocycles. The highest BCUT2D eigenvalue weighted by atomic mass is 32.2. The fourth-order valence-corrected chi connectivity index (χ4v) is 2.33. The topological polar surface area (TPSA) is 78.9 Å². The number of amidine groups is 1. The molecule has 1 aromatic rings. The maximum Gasteiger partial charge on any atom is 0.253 e. The molecule has 0 fully saturated rings. The van der Waals surface area contributed by atoms with Gasteiger partial charge in [0.1, 0.15) is 0 Å². The Morgan fingerprint density at radius 3 is 2.74 bits per heavy atom. The predicted octanol–water partition coefficient (Wildman–Crippen LogP) is 1.60. The second-order valence-electron chi connectivity index (χ2n) is 4.29. The van der Waals surface area contributed by atoms with Crippen molar-refractivity contribution in [1.29, 1.82) is 0 Å². The number of oxime groups is 1. The van der Waals surface area contributed by atoms with Crippen LogP contribution in [0.3, 0.4) is 0 Å². The Kier molecular flexibility index (Phi) is 5.69. The van der Waals surface area contributed by atoms with E-state index in [9.17, 15) is 4.79 Å². The largest absolute Gasteiger partial charge is 0.409 e. The third-order valence-electron chi connectivity index (χ3n) is 2.90. The molecule has 0 radical (unpaired) electrons. The molecule has 0 heterocycles. The lowest BCUT2D eigenvalue weighted by Crippen LogP contribution is -2.36. The van der Waals surface area contributed by atoms with Crippen LogP contribution in [0.4, 0.5) is 0 Å². The highest BCUT2D eigenvalue weighted by Crippen LogP contribution is 2.11. The van der Waals surface area contributed by atoms with Crippen molar-refractivity contribution in [2.45, 2.75) is 13.0 Å². The van der Waals surface area contributed by atoms with Crippen molar-refractivity contribution in [1.82, 2.24) is 4.90 Å². The first kappa shape index (κ1) is 15.4. The van der Waals surface area contributed by atoms with Crippen molar-refractivity contribution in [3.05, 3.63) is 35.4 Å². The Bertz CT molecular complexity index is 477. The van der Waals surface area contributed by atoms with E-state index in [0.29, 0.717) is 11.1 Å². The number of carbonyl (C=O) groups excluding carboxylic acids is 1. The molecule has 1 rings (SSSR count). The normalized spacial score (nSPS) is 13.1. The van der Waals surface area contributed by atoms with E-state index < -0.39 is 0 Å². The molecule has 1 aromatic carbocycles. The average Bonchev–Trinajstić information content (AvgIpc) is 2.45. The van der Waals surface area contributed by atoms with E-state index >= 15 is 0 Å². The standard InChI is InChI=1S/C13H19N3O2S/c1-9(8-19-3)16(2)13(17)11-6-4-5-10(7-11)12(14)15-18/h4-7,9,18H,8H2,1-3H3,(H2,14,15). The van der Waals surface area contributed by atoms with Gasteiger partial charge in [-0.3, -0.25) is 4.79 Å². The number of nitrogens with two attached hydrogens (primary N) is 1. The number of carbonyl (C=O) groups is 1. The molecule has 1 amide bonds. The summed E-state index contributed by atoms with van der Waals surface area (Å²) in [5.74, 6) is 0.797. The van der Waals surface area contributed by atoms with Crippen LogP contribution in [-0.2, 0) is 0 Å². The van der Waals surface area contributed by atoms with Gasteiger partial charge >= 0.3 is 0 Å². The third-order valence-corrected chi connectivity index (χ3v) is 3.72. The number of rotatable bonds is 5. The summed E-state index contributed by atoms with van der Waals surface area (Å²) in [6, 6.07) is 6.90. The van der Waals surface area contributed by atoms with E-state index in [0.717, 1.165) is 5.75 Å². The Morgan fingerprint density at radius 1 is 1.53 bits per heavy atom. The lowest BCUT2D eigenvalue weighted by molar-refractivity contribution is 0.0757. The molecule has 0 saturated carbocycles. The molecule has 0 aliphatic rings. The van der Waals surface area contributed by atoms with Crippen LogP contribution in [0.1, 0.15) is 22.8 Å². The Balaban J connectivity index is 2.94. The van der Waals surface area contributed by atoms with Gasteiger partial charge in [0.25, 0.3) is 5.91 Å². The van der Waals surface area contributed by atoms with E-state index in [1.54, 1.807) is 48.0 Å². The molecular weight excluding hydrogens is 262 g/mol. The van der Waals surface area contributed by atoms with Gasteiger partial charge in [0.2, 0.25) is 0 Å². The van der Waals surface area contributed by atoms with Crippen LogP contribution in [0.15, 0.2) is 29.4 Å². The van der Waals surface area contributed by atoms with Gasteiger partial charge in [0.15, 0.2) is 5.84 Å². The average molecular weight is 281 g/mol. The molecule has 104 valence electrons. The maximum absolute atomic E-state index is 12.3. The van der Waals surface area contributed by atoms with Crippen molar-refractivity contribution in [3.8, 4) is 0 Å². The highest BCUT2D eigenvalue weighted by molar-refractivity contribution is 7.98. The van der Waals surface area contributed by atoms with E-state index in [4.69, 9.17) is 10.9 Å². The summed E-state index contributed by atoms with van der Waals surface area (Å²) in [6.07, 6.45) is 2.01. The summed E-state index contributed by atoms with van der Waals surface area (Å²) < 4.78 is 0. The van der Waals surface area contributed by atoms with Crippen molar-refractivity contribution >= 4 is 23.5 Å². The number of nitrogens with zero attached hydrogens (tertiary/aromatic N) is 2. The van der Waals surface area contributed by atoms with Gasteiger partial charge in [-0.25, -0.2) is 0 Å². The quantitative estimate of drug-likeness (QED) is 0.372. The van der Waals surface area contributed by atoms with E-state index in [-0.39, 0.29) is 17.8 Å². The Morgan fingerprint density at radius 2 is 2.16 bits per heavy atom. The molecule has 5 nitrogen and oxygen atoms in total. The lowest BCUT2D eigenvalue weighted by Gasteiger charge is -2.24. The Labute approximate surface area is 117 Å². The van der Waals surface area contributed by atoms with Crippen molar-refractivity contribution < 1.29 is 10.0 Å². The van der Waals surface area contributed by atoms with Gasteiger partial charge in [-0.15, -0.1) is 0 Å². The minimum atomic E-state index is -0.0749. The molecule has 0 aliphatic heterocycles. The zero-order chi connectivity index (χ0) is 14.4. The molecule has 0 bridgehead atoms. The van der Waals surface area contributed by atoms with E-state index in [1.807, 2.05) is 13.2 Å². The van der Waals surface area contributed by atoms with Gasteiger partial charge in [-0.05, 0) is 25.3 Å². The number of benzene rings is 1. The fraction of sp³-hybridized carbons (Fsp3) is 0.385. The number of thioether (sulfide) groups is 1. The molecule has 1 unspecified atom stereocenters. The minimum Gasteiger partial charge on any atom is -0.409 e. The number of hydrogen-bond donors (Lipinski definition) is 2. The maximum atomic E-state index is 12.3. The molecular formula is C13H19N3O2S. The van der Waals surface area contributed by atoms with Crippen molar-refractivity contribution in [2.75, 3.05) is 19.1 Å². The minimum absolute atomic E-state index is 0.00512. The summed E-state index contributed by atoms with van der Waals surface area (Å²) in [6.45, 7) is 2.00. The van der Waals surface area contributed by atoms with Crippen LogP contribution in [0.2, 0.25) is 0 Å².